The fraction of sp³-hybridized carbons (Fsp3) is 0.588. The molecule has 1 saturated carbocycles. The quantitative estimate of drug-likeness (QED) is 0.715. The van der Waals surface area contributed by atoms with Crippen LogP contribution < -0.4 is 4.74 Å². The lowest BCUT2D eigenvalue weighted by Crippen LogP contribution is -2.05. The molecule has 0 bridgehead atoms. The summed E-state index contributed by atoms with van der Waals surface area (Å²) in [5, 5.41) is 0. The van der Waals surface area contributed by atoms with Gasteiger partial charge in [-0.05, 0) is 61.8 Å². The van der Waals surface area contributed by atoms with Gasteiger partial charge in [-0.3, -0.25) is 4.79 Å². The van der Waals surface area contributed by atoms with Crippen molar-refractivity contribution in [1.82, 2.24) is 0 Å². The highest BCUT2D eigenvalue weighted by Gasteiger charge is 2.43. The molecule has 1 aliphatic carbocycles. The van der Waals surface area contributed by atoms with Gasteiger partial charge in [0, 0.05) is 0 Å². The number of aryl methyl sites for hydroxylation is 2. The zero-order chi connectivity index (χ0) is 14.5. The predicted octanol–water partition coefficient (Wildman–Crippen LogP) is 3.53. The standard InChI is InChI=1S/C17H24O3/c1-4-9-20-15-8-7-13(12(2)10-15)5-6-14-11-16(14)17(18)19-3/h7-8,10,14,16H,4-6,9,11H2,1-3H3. The van der Waals surface area contributed by atoms with Crippen LogP contribution in [-0.2, 0) is 16.0 Å². The molecule has 1 aromatic carbocycles. The van der Waals surface area contributed by atoms with Crippen LogP contribution in [0.15, 0.2) is 18.2 Å². The summed E-state index contributed by atoms with van der Waals surface area (Å²) < 4.78 is 10.4. The maximum Gasteiger partial charge on any atom is 0.308 e. The van der Waals surface area contributed by atoms with Crippen molar-refractivity contribution in [1.29, 1.82) is 0 Å². The van der Waals surface area contributed by atoms with Crippen molar-refractivity contribution in [3.8, 4) is 5.75 Å². The Kier molecular flexibility index (Phi) is 5.05. The van der Waals surface area contributed by atoms with Crippen LogP contribution in [0, 0.1) is 18.8 Å². The molecule has 3 nitrogen and oxygen atoms in total. The summed E-state index contributed by atoms with van der Waals surface area (Å²) in [6.07, 6.45) is 4.11. The molecule has 0 saturated heterocycles. The second kappa shape index (κ2) is 6.78. The van der Waals surface area contributed by atoms with E-state index in [4.69, 9.17) is 9.47 Å². The predicted molar refractivity (Wildman–Crippen MR) is 78.9 cm³/mol. The molecule has 3 heteroatoms. The molecule has 1 aliphatic rings. The number of carbonyl (C=O) groups is 1. The summed E-state index contributed by atoms with van der Waals surface area (Å²) >= 11 is 0. The molecular weight excluding hydrogens is 252 g/mol. The first-order valence-corrected chi connectivity index (χ1v) is 7.45. The Hall–Kier alpha value is -1.51. The van der Waals surface area contributed by atoms with Crippen LogP contribution in [0.25, 0.3) is 0 Å². The third kappa shape index (κ3) is 3.75. The number of carbonyl (C=O) groups excluding carboxylic acids is 1. The van der Waals surface area contributed by atoms with Gasteiger partial charge in [0.2, 0.25) is 0 Å². The molecule has 0 spiro atoms. The number of methoxy groups -OCH3 is 1. The topological polar surface area (TPSA) is 35.5 Å². The Labute approximate surface area is 121 Å². The van der Waals surface area contributed by atoms with Crippen molar-refractivity contribution in [2.45, 2.75) is 39.5 Å². The fourth-order valence-corrected chi connectivity index (χ4v) is 2.61. The Bertz CT molecular complexity index is 467. The second-order valence-corrected chi connectivity index (χ2v) is 5.60. The summed E-state index contributed by atoms with van der Waals surface area (Å²) in [7, 11) is 1.47. The Morgan fingerprint density at radius 2 is 2.20 bits per heavy atom. The monoisotopic (exact) mass is 276 g/mol. The van der Waals surface area contributed by atoms with E-state index in [0.717, 1.165) is 38.0 Å². The first kappa shape index (κ1) is 14.9. The minimum atomic E-state index is -0.0463. The van der Waals surface area contributed by atoms with Crippen LogP contribution in [0.5, 0.6) is 5.75 Å². The number of ether oxygens (including phenoxy) is 2. The minimum Gasteiger partial charge on any atom is -0.494 e. The maximum absolute atomic E-state index is 11.4. The van der Waals surface area contributed by atoms with E-state index in [1.807, 2.05) is 6.07 Å². The number of benzene rings is 1. The van der Waals surface area contributed by atoms with E-state index in [2.05, 4.69) is 26.0 Å². The minimum absolute atomic E-state index is 0.0463. The van der Waals surface area contributed by atoms with Crippen molar-refractivity contribution in [2.75, 3.05) is 13.7 Å². The maximum atomic E-state index is 11.4. The van der Waals surface area contributed by atoms with Crippen molar-refractivity contribution in [3.63, 3.8) is 0 Å². The van der Waals surface area contributed by atoms with Crippen molar-refractivity contribution < 1.29 is 14.3 Å². The van der Waals surface area contributed by atoms with Gasteiger partial charge in [0.1, 0.15) is 5.75 Å². The van der Waals surface area contributed by atoms with E-state index in [-0.39, 0.29) is 11.9 Å². The smallest absolute Gasteiger partial charge is 0.308 e. The van der Waals surface area contributed by atoms with E-state index in [1.54, 1.807) is 0 Å². The van der Waals surface area contributed by atoms with Crippen molar-refractivity contribution >= 4 is 5.97 Å². The molecule has 110 valence electrons. The number of rotatable bonds is 7. The van der Waals surface area contributed by atoms with Crippen LogP contribution in [0.1, 0.15) is 37.3 Å². The number of hydrogen-bond acceptors (Lipinski definition) is 3. The van der Waals surface area contributed by atoms with E-state index >= 15 is 0 Å². The van der Waals surface area contributed by atoms with Gasteiger partial charge in [0.25, 0.3) is 0 Å². The second-order valence-electron chi connectivity index (χ2n) is 5.60. The van der Waals surface area contributed by atoms with Gasteiger partial charge < -0.3 is 9.47 Å². The number of esters is 1. The molecule has 0 amide bonds. The largest absolute Gasteiger partial charge is 0.494 e. The lowest BCUT2D eigenvalue weighted by molar-refractivity contribution is -0.142. The zero-order valence-electron chi connectivity index (χ0n) is 12.6. The lowest BCUT2D eigenvalue weighted by Gasteiger charge is -2.09. The molecule has 0 aliphatic heterocycles. The fourth-order valence-electron chi connectivity index (χ4n) is 2.61. The molecule has 2 rings (SSSR count). The molecule has 20 heavy (non-hydrogen) atoms. The summed E-state index contributed by atoms with van der Waals surface area (Å²) in [6, 6.07) is 6.30. The molecule has 0 heterocycles. The molecular formula is C17H24O3. The van der Waals surface area contributed by atoms with Crippen LogP contribution in [0.2, 0.25) is 0 Å². The molecule has 0 N–H and O–H groups in total. The summed E-state index contributed by atoms with van der Waals surface area (Å²) in [5.41, 5.74) is 2.62. The zero-order valence-corrected chi connectivity index (χ0v) is 12.6. The molecule has 0 aromatic heterocycles. The highest BCUT2D eigenvalue weighted by atomic mass is 16.5. The third-order valence-electron chi connectivity index (χ3n) is 4.00. The molecule has 1 fully saturated rings. The Balaban J connectivity index is 1.83. The van der Waals surface area contributed by atoms with Crippen LogP contribution >= 0.6 is 0 Å². The van der Waals surface area contributed by atoms with Gasteiger partial charge in [-0.2, -0.15) is 0 Å². The highest BCUT2D eigenvalue weighted by Crippen LogP contribution is 2.42. The normalized spacial score (nSPS) is 20.6. The summed E-state index contributed by atoms with van der Waals surface area (Å²) in [5.74, 6) is 1.56. The van der Waals surface area contributed by atoms with Gasteiger partial charge in [0.05, 0.1) is 19.6 Å². The van der Waals surface area contributed by atoms with Crippen LogP contribution in [0.3, 0.4) is 0 Å². The van der Waals surface area contributed by atoms with Crippen molar-refractivity contribution in [2.24, 2.45) is 11.8 Å². The summed E-state index contributed by atoms with van der Waals surface area (Å²) in [6.45, 7) is 5.00. The van der Waals surface area contributed by atoms with Gasteiger partial charge in [-0.25, -0.2) is 0 Å². The van der Waals surface area contributed by atoms with Gasteiger partial charge in [0.15, 0.2) is 0 Å². The van der Waals surface area contributed by atoms with Crippen LogP contribution in [-0.4, -0.2) is 19.7 Å². The molecule has 2 atom stereocenters. The van der Waals surface area contributed by atoms with E-state index in [9.17, 15) is 4.79 Å². The van der Waals surface area contributed by atoms with Crippen LogP contribution in [0.4, 0.5) is 0 Å². The van der Waals surface area contributed by atoms with E-state index in [0.29, 0.717) is 5.92 Å². The Morgan fingerprint density at radius 1 is 1.40 bits per heavy atom. The molecule has 0 radical (unpaired) electrons. The first-order valence-electron chi connectivity index (χ1n) is 7.45. The summed E-state index contributed by atoms with van der Waals surface area (Å²) in [4.78, 5) is 11.4. The molecule has 1 aromatic rings. The van der Waals surface area contributed by atoms with Gasteiger partial charge in [-0.15, -0.1) is 0 Å². The SMILES string of the molecule is CCCOc1ccc(CCC2CC2C(=O)OC)c(C)c1. The van der Waals surface area contributed by atoms with E-state index < -0.39 is 0 Å². The average Bonchev–Trinajstić information content (AvgIpc) is 3.23. The highest BCUT2D eigenvalue weighted by molar-refractivity contribution is 5.75. The van der Waals surface area contributed by atoms with Gasteiger partial charge >= 0.3 is 5.97 Å². The lowest BCUT2D eigenvalue weighted by atomic mass is 10.0. The Morgan fingerprint density at radius 3 is 2.85 bits per heavy atom. The van der Waals surface area contributed by atoms with Crippen molar-refractivity contribution in [3.05, 3.63) is 29.3 Å². The average molecular weight is 276 g/mol. The first-order chi connectivity index (χ1) is 9.65. The van der Waals surface area contributed by atoms with Gasteiger partial charge in [-0.1, -0.05) is 13.0 Å². The number of hydrogen-bond donors (Lipinski definition) is 0. The molecule has 2 unspecified atom stereocenters. The van der Waals surface area contributed by atoms with E-state index in [1.165, 1.54) is 18.2 Å². The third-order valence-corrected chi connectivity index (χ3v) is 4.00.